The van der Waals surface area contributed by atoms with Gasteiger partial charge in [-0.05, 0) is 36.2 Å². The van der Waals surface area contributed by atoms with Crippen molar-refractivity contribution in [3.8, 4) is 0 Å². The first-order valence-corrected chi connectivity index (χ1v) is 9.62. The minimum atomic E-state index is -0.868. The maximum atomic E-state index is 13.0. The average molecular weight is 395 g/mol. The zero-order valence-electron chi connectivity index (χ0n) is 16.6. The summed E-state index contributed by atoms with van der Waals surface area (Å²) >= 11 is 0. The number of ether oxygens (including phenoxy) is 1. The number of nitrogens with one attached hydrogen (secondary N) is 1. The predicted molar refractivity (Wildman–Crippen MR) is 111 cm³/mol. The lowest BCUT2D eigenvalue weighted by Crippen LogP contribution is -2.39. The van der Waals surface area contributed by atoms with E-state index in [9.17, 15) is 14.4 Å². The third kappa shape index (κ3) is 4.63. The Labute approximate surface area is 170 Å². The number of nitrogens with zero attached hydrogens (tertiary/aromatic N) is 2. The van der Waals surface area contributed by atoms with Gasteiger partial charge < -0.3 is 15.0 Å². The van der Waals surface area contributed by atoms with Crippen LogP contribution in [0.2, 0.25) is 0 Å². The number of hydrogen-bond acceptors (Lipinski definition) is 4. The molecule has 7 nitrogen and oxygen atoms in total. The summed E-state index contributed by atoms with van der Waals surface area (Å²) in [5.41, 5.74) is 2.32. The largest absolute Gasteiger partial charge is 0.383 e. The molecule has 1 fully saturated rings. The average Bonchev–Trinajstić information content (AvgIpc) is 2.96. The van der Waals surface area contributed by atoms with E-state index in [-0.39, 0.29) is 25.5 Å². The van der Waals surface area contributed by atoms with E-state index in [1.165, 1.54) is 17.6 Å². The molecule has 29 heavy (non-hydrogen) atoms. The molecule has 0 saturated carbocycles. The number of rotatable bonds is 8. The zero-order chi connectivity index (χ0) is 20.8. The van der Waals surface area contributed by atoms with E-state index >= 15 is 0 Å². The number of aryl methyl sites for hydroxylation is 1. The second-order valence-electron chi connectivity index (χ2n) is 6.80. The van der Waals surface area contributed by atoms with Crippen LogP contribution in [0, 0.1) is 0 Å². The van der Waals surface area contributed by atoms with Crippen LogP contribution in [-0.4, -0.2) is 49.0 Å². The van der Waals surface area contributed by atoms with Crippen LogP contribution in [0.5, 0.6) is 0 Å². The molecule has 152 valence electrons. The van der Waals surface area contributed by atoms with Crippen molar-refractivity contribution in [1.29, 1.82) is 0 Å². The van der Waals surface area contributed by atoms with E-state index < -0.39 is 18.0 Å². The molecule has 0 aliphatic carbocycles. The molecule has 0 aromatic heterocycles. The van der Waals surface area contributed by atoms with Crippen molar-refractivity contribution in [1.82, 2.24) is 4.90 Å². The summed E-state index contributed by atoms with van der Waals surface area (Å²) in [6, 6.07) is 15.0. The summed E-state index contributed by atoms with van der Waals surface area (Å²) in [5.74, 6) is -0.730. The molecule has 3 rings (SSSR count). The fourth-order valence-corrected chi connectivity index (χ4v) is 3.30. The molecule has 0 radical (unpaired) electrons. The fraction of sp³-hybridized carbons (Fsp3) is 0.318. The summed E-state index contributed by atoms with van der Waals surface area (Å²) in [4.78, 5) is 41.0. The summed E-state index contributed by atoms with van der Waals surface area (Å²) in [6.07, 6.45) is 0.795. The summed E-state index contributed by atoms with van der Waals surface area (Å²) in [6.45, 7) is 2.56. The number of benzene rings is 2. The molecule has 4 amide bonds. The molecule has 7 heteroatoms. The van der Waals surface area contributed by atoms with Crippen LogP contribution >= 0.6 is 0 Å². The van der Waals surface area contributed by atoms with E-state index in [4.69, 9.17) is 4.74 Å². The second kappa shape index (κ2) is 9.34. The van der Waals surface area contributed by atoms with Gasteiger partial charge in [-0.2, -0.15) is 0 Å². The van der Waals surface area contributed by atoms with Crippen molar-refractivity contribution in [2.75, 3.05) is 30.5 Å². The SMILES string of the molecule is CCc1ccc(NC(=O)C[C@@H]2C(=O)N(c3ccccc3)C(=O)N2CCOC)cc1. The Morgan fingerprint density at radius 1 is 1.07 bits per heavy atom. The van der Waals surface area contributed by atoms with Crippen molar-refractivity contribution in [3.63, 3.8) is 0 Å². The lowest BCUT2D eigenvalue weighted by Gasteiger charge is -2.21. The first-order chi connectivity index (χ1) is 14.0. The number of carbonyl (C=O) groups excluding carboxylic acids is 3. The predicted octanol–water partition coefficient (Wildman–Crippen LogP) is 3.06. The molecule has 2 aromatic rings. The van der Waals surface area contributed by atoms with Gasteiger partial charge in [-0.25, -0.2) is 9.69 Å². The zero-order valence-corrected chi connectivity index (χ0v) is 16.6. The Morgan fingerprint density at radius 3 is 2.38 bits per heavy atom. The van der Waals surface area contributed by atoms with Gasteiger partial charge in [0, 0.05) is 19.3 Å². The number of hydrogen-bond donors (Lipinski definition) is 1. The standard InChI is InChI=1S/C22H25N3O4/c1-3-16-9-11-17(12-10-16)23-20(26)15-19-21(27)25(18-7-5-4-6-8-18)22(28)24(19)13-14-29-2/h4-12,19H,3,13-15H2,1-2H3,(H,23,26)/t19-/m1/s1. The van der Waals surface area contributed by atoms with Crippen molar-refractivity contribution in [3.05, 3.63) is 60.2 Å². The number of amides is 4. The third-order valence-electron chi connectivity index (χ3n) is 4.89. The molecule has 0 spiro atoms. The molecular weight excluding hydrogens is 370 g/mol. The molecule has 1 aliphatic rings. The maximum absolute atomic E-state index is 13.0. The Balaban J connectivity index is 1.76. The van der Waals surface area contributed by atoms with Crippen LogP contribution in [0.25, 0.3) is 0 Å². The van der Waals surface area contributed by atoms with Gasteiger partial charge in [0.2, 0.25) is 5.91 Å². The highest BCUT2D eigenvalue weighted by Gasteiger charge is 2.46. The van der Waals surface area contributed by atoms with Crippen LogP contribution in [0.4, 0.5) is 16.2 Å². The highest BCUT2D eigenvalue weighted by atomic mass is 16.5. The lowest BCUT2D eigenvalue weighted by atomic mass is 10.1. The number of anilines is 2. The normalized spacial score (nSPS) is 16.4. The van der Waals surface area contributed by atoms with Gasteiger partial charge in [-0.1, -0.05) is 37.3 Å². The van der Waals surface area contributed by atoms with E-state index in [1.807, 2.05) is 30.3 Å². The topological polar surface area (TPSA) is 79.0 Å². The quantitative estimate of drug-likeness (QED) is 0.697. The smallest absolute Gasteiger partial charge is 0.332 e. The number of imide groups is 1. The van der Waals surface area contributed by atoms with E-state index in [2.05, 4.69) is 12.2 Å². The third-order valence-corrected chi connectivity index (χ3v) is 4.89. The molecular formula is C22H25N3O4. The van der Waals surface area contributed by atoms with E-state index in [0.717, 1.165) is 11.3 Å². The van der Waals surface area contributed by atoms with Gasteiger partial charge in [0.15, 0.2) is 0 Å². The van der Waals surface area contributed by atoms with Crippen LogP contribution < -0.4 is 10.2 Å². The molecule has 1 saturated heterocycles. The number of para-hydroxylation sites is 1. The first-order valence-electron chi connectivity index (χ1n) is 9.62. The monoisotopic (exact) mass is 395 g/mol. The van der Waals surface area contributed by atoms with Gasteiger partial charge in [-0.15, -0.1) is 0 Å². The first kappa shape index (κ1) is 20.5. The van der Waals surface area contributed by atoms with Crippen molar-refractivity contribution in [2.45, 2.75) is 25.8 Å². The Bertz CT molecular complexity index is 867. The molecule has 0 unspecified atom stereocenters. The molecule has 1 aliphatic heterocycles. The van der Waals surface area contributed by atoms with Crippen LogP contribution in [0.15, 0.2) is 54.6 Å². The fourth-order valence-electron chi connectivity index (χ4n) is 3.30. The highest BCUT2D eigenvalue weighted by molar-refractivity contribution is 6.22. The van der Waals surface area contributed by atoms with Crippen molar-refractivity contribution < 1.29 is 19.1 Å². The van der Waals surface area contributed by atoms with Crippen molar-refractivity contribution in [2.24, 2.45) is 0 Å². The minimum Gasteiger partial charge on any atom is -0.383 e. The summed E-state index contributed by atoms with van der Waals surface area (Å²) < 4.78 is 5.07. The van der Waals surface area contributed by atoms with Gasteiger partial charge in [0.05, 0.1) is 18.7 Å². The van der Waals surface area contributed by atoms with Crippen LogP contribution in [0.3, 0.4) is 0 Å². The Hall–Kier alpha value is -3.19. The van der Waals surface area contributed by atoms with Crippen LogP contribution in [0.1, 0.15) is 18.9 Å². The van der Waals surface area contributed by atoms with Gasteiger partial charge >= 0.3 is 6.03 Å². The van der Waals surface area contributed by atoms with E-state index in [1.54, 1.807) is 24.3 Å². The Kier molecular flexibility index (Phi) is 6.61. The lowest BCUT2D eigenvalue weighted by molar-refractivity contribution is -0.124. The van der Waals surface area contributed by atoms with E-state index in [0.29, 0.717) is 11.4 Å². The van der Waals surface area contributed by atoms with Crippen molar-refractivity contribution >= 4 is 29.2 Å². The molecule has 2 aromatic carbocycles. The highest BCUT2D eigenvalue weighted by Crippen LogP contribution is 2.26. The number of urea groups is 1. The molecule has 1 heterocycles. The molecule has 0 bridgehead atoms. The molecule has 1 N–H and O–H groups in total. The second-order valence-corrected chi connectivity index (χ2v) is 6.80. The summed E-state index contributed by atoms with van der Waals surface area (Å²) in [7, 11) is 1.53. The number of carbonyl (C=O) groups is 3. The van der Waals surface area contributed by atoms with Gasteiger partial charge in [-0.3, -0.25) is 9.59 Å². The van der Waals surface area contributed by atoms with Gasteiger partial charge in [0.25, 0.3) is 5.91 Å². The molecule has 1 atom stereocenters. The Morgan fingerprint density at radius 2 is 1.76 bits per heavy atom. The van der Waals surface area contributed by atoms with Crippen LogP contribution in [-0.2, 0) is 20.7 Å². The van der Waals surface area contributed by atoms with Gasteiger partial charge in [0.1, 0.15) is 6.04 Å². The minimum absolute atomic E-state index is 0.118. The number of methoxy groups -OCH3 is 1. The summed E-state index contributed by atoms with van der Waals surface area (Å²) in [5, 5.41) is 2.81. The maximum Gasteiger partial charge on any atom is 0.332 e.